The van der Waals surface area contributed by atoms with E-state index in [1.54, 1.807) is 12.3 Å². The molecule has 0 saturated heterocycles. The average molecular weight is 495 g/mol. The molecule has 0 radical (unpaired) electrons. The number of benzene rings is 2. The second-order valence-corrected chi connectivity index (χ2v) is 8.85. The molecule has 7 nitrogen and oxygen atoms in total. The largest absolute Gasteiger partial charge is 0.420 e. The Morgan fingerprint density at radius 2 is 1.73 bits per heavy atom. The van der Waals surface area contributed by atoms with Crippen molar-refractivity contribution in [3.05, 3.63) is 88.5 Å². The van der Waals surface area contributed by atoms with Crippen LogP contribution in [0, 0.1) is 6.92 Å². The molecule has 0 N–H and O–H groups in total. The zero-order valence-corrected chi connectivity index (χ0v) is 19.6. The maximum absolute atomic E-state index is 6.51. The van der Waals surface area contributed by atoms with Gasteiger partial charge in [0.05, 0.1) is 16.5 Å². The number of halogens is 2. The molecule has 5 aromatic rings. The van der Waals surface area contributed by atoms with E-state index in [0.717, 1.165) is 16.8 Å². The molecule has 0 amide bonds. The molecule has 5 rings (SSSR count). The molecule has 0 aliphatic carbocycles. The summed E-state index contributed by atoms with van der Waals surface area (Å²) in [5, 5.41) is 18.7. The van der Waals surface area contributed by atoms with Gasteiger partial charge in [0.25, 0.3) is 0 Å². The van der Waals surface area contributed by atoms with Gasteiger partial charge in [-0.2, -0.15) is 0 Å². The monoisotopic (exact) mass is 494 g/mol. The molecule has 0 aliphatic rings. The van der Waals surface area contributed by atoms with E-state index >= 15 is 0 Å². The fraction of sp³-hybridized carbons (Fsp3) is 0.0870. The van der Waals surface area contributed by atoms with Gasteiger partial charge in [0.1, 0.15) is 5.15 Å². The van der Waals surface area contributed by atoms with Gasteiger partial charge in [0.15, 0.2) is 11.0 Å². The van der Waals surface area contributed by atoms with E-state index in [1.807, 2.05) is 66.1 Å². The molecule has 3 heterocycles. The highest BCUT2D eigenvalue weighted by molar-refractivity contribution is 7.98. The van der Waals surface area contributed by atoms with Crippen LogP contribution in [0.2, 0.25) is 10.2 Å². The molecule has 33 heavy (non-hydrogen) atoms. The van der Waals surface area contributed by atoms with Gasteiger partial charge >= 0.3 is 0 Å². The van der Waals surface area contributed by atoms with Gasteiger partial charge in [-0.15, -0.1) is 20.4 Å². The second-order valence-electron chi connectivity index (χ2n) is 7.12. The van der Waals surface area contributed by atoms with E-state index in [9.17, 15) is 0 Å². The molecule has 3 aromatic heterocycles. The number of thioether (sulfide) groups is 1. The first kappa shape index (κ1) is 21.6. The number of pyridine rings is 1. The van der Waals surface area contributed by atoms with Crippen LogP contribution in [0.5, 0.6) is 0 Å². The Kier molecular flexibility index (Phi) is 6.13. The topological polar surface area (TPSA) is 82.5 Å². The summed E-state index contributed by atoms with van der Waals surface area (Å²) in [7, 11) is 0. The standard InChI is InChI=1S/C23H16Cl2N6OS/c1-14-6-8-15(9-7-14)22-29-27-20(32-22)13-33-23-30-28-21(16-10-11-26-19(25)12-16)31(23)18-5-3-2-4-17(18)24/h2-12H,13H2,1H3. The molecule has 164 valence electrons. The Bertz CT molecular complexity index is 1420. The minimum absolute atomic E-state index is 0.366. The number of aryl methyl sites for hydroxylation is 1. The molecular formula is C23H16Cl2N6OS. The average Bonchev–Trinajstić information content (AvgIpc) is 3.46. The van der Waals surface area contributed by atoms with Crippen molar-refractivity contribution in [1.82, 2.24) is 29.9 Å². The number of aromatic nitrogens is 6. The molecule has 0 spiro atoms. The third kappa shape index (κ3) is 4.64. The summed E-state index contributed by atoms with van der Waals surface area (Å²) < 4.78 is 7.74. The highest BCUT2D eigenvalue weighted by Gasteiger charge is 2.19. The van der Waals surface area contributed by atoms with Crippen molar-refractivity contribution in [3.63, 3.8) is 0 Å². The molecule has 0 fully saturated rings. The van der Waals surface area contributed by atoms with Crippen molar-refractivity contribution in [1.29, 1.82) is 0 Å². The predicted octanol–water partition coefficient (Wildman–Crippen LogP) is 6.29. The van der Waals surface area contributed by atoms with Crippen LogP contribution in [-0.2, 0) is 5.75 Å². The summed E-state index contributed by atoms with van der Waals surface area (Å²) in [5.41, 5.74) is 3.56. The Morgan fingerprint density at radius 1 is 0.909 bits per heavy atom. The van der Waals surface area contributed by atoms with E-state index in [2.05, 4.69) is 25.4 Å². The number of nitrogens with zero attached hydrogens (tertiary/aromatic N) is 6. The summed E-state index contributed by atoms with van der Waals surface area (Å²) in [6.07, 6.45) is 1.63. The maximum atomic E-state index is 6.51. The third-order valence-corrected chi connectivity index (χ3v) is 6.24. The molecular weight excluding hydrogens is 479 g/mol. The molecule has 0 saturated carbocycles. The number of para-hydroxylation sites is 1. The van der Waals surface area contributed by atoms with Crippen LogP contribution in [0.15, 0.2) is 76.4 Å². The van der Waals surface area contributed by atoms with Crippen LogP contribution >= 0.6 is 35.0 Å². The van der Waals surface area contributed by atoms with E-state index < -0.39 is 0 Å². The van der Waals surface area contributed by atoms with E-state index in [1.165, 1.54) is 17.3 Å². The SMILES string of the molecule is Cc1ccc(-c2nnc(CSc3nnc(-c4ccnc(Cl)c4)n3-c3ccccc3Cl)o2)cc1. The van der Waals surface area contributed by atoms with E-state index in [4.69, 9.17) is 27.6 Å². The van der Waals surface area contributed by atoms with Crippen LogP contribution in [0.1, 0.15) is 11.5 Å². The molecule has 10 heteroatoms. The van der Waals surface area contributed by atoms with Crippen LogP contribution in [-0.4, -0.2) is 29.9 Å². The molecule has 2 aromatic carbocycles. The summed E-state index contributed by atoms with van der Waals surface area (Å²) in [6, 6.07) is 19.0. The molecule has 0 bridgehead atoms. The minimum Gasteiger partial charge on any atom is -0.420 e. The van der Waals surface area contributed by atoms with Crippen molar-refractivity contribution >= 4 is 35.0 Å². The van der Waals surface area contributed by atoms with Gasteiger partial charge in [-0.1, -0.05) is 64.8 Å². The van der Waals surface area contributed by atoms with Crippen LogP contribution in [0.25, 0.3) is 28.5 Å². The van der Waals surface area contributed by atoms with Crippen molar-refractivity contribution in [2.45, 2.75) is 17.8 Å². The van der Waals surface area contributed by atoms with Crippen molar-refractivity contribution in [2.75, 3.05) is 0 Å². The Hall–Kier alpha value is -3.20. The summed E-state index contributed by atoms with van der Waals surface area (Å²) in [5.74, 6) is 1.97. The fourth-order valence-electron chi connectivity index (χ4n) is 3.19. The van der Waals surface area contributed by atoms with Gasteiger partial charge in [0.2, 0.25) is 11.8 Å². The summed E-state index contributed by atoms with van der Waals surface area (Å²) in [6.45, 7) is 2.03. The fourth-order valence-corrected chi connectivity index (χ4v) is 4.37. The van der Waals surface area contributed by atoms with E-state index in [-0.39, 0.29) is 0 Å². The van der Waals surface area contributed by atoms with Crippen LogP contribution < -0.4 is 0 Å². The number of rotatable bonds is 6. The normalized spacial score (nSPS) is 11.1. The van der Waals surface area contributed by atoms with Gasteiger partial charge in [0, 0.05) is 17.3 Å². The lowest BCUT2D eigenvalue weighted by Gasteiger charge is -2.11. The van der Waals surface area contributed by atoms with E-state index in [0.29, 0.717) is 38.7 Å². The maximum Gasteiger partial charge on any atom is 0.247 e. The quantitative estimate of drug-likeness (QED) is 0.202. The Balaban J connectivity index is 1.46. The van der Waals surface area contributed by atoms with Gasteiger partial charge in [-0.05, 0) is 43.3 Å². The minimum atomic E-state index is 0.366. The Labute approximate surface area is 203 Å². The lowest BCUT2D eigenvalue weighted by molar-refractivity contribution is 0.528. The number of hydrogen-bond acceptors (Lipinski definition) is 7. The first-order chi connectivity index (χ1) is 16.1. The summed E-state index contributed by atoms with van der Waals surface area (Å²) >= 11 is 14.0. The summed E-state index contributed by atoms with van der Waals surface area (Å²) in [4.78, 5) is 4.05. The predicted molar refractivity (Wildman–Crippen MR) is 129 cm³/mol. The second kappa shape index (κ2) is 9.35. The van der Waals surface area contributed by atoms with Crippen LogP contribution in [0.3, 0.4) is 0 Å². The molecule has 0 unspecified atom stereocenters. The number of hydrogen-bond donors (Lipinski definition) is 0. The third-order valence-electron chi connectivity index (χ3n) is 4.80. The smallest absolute Gasteiger partial charge is 0.247 e. The highest BCUT2D eigenvalue weighted by atomic mass is 35.5. The molecule has 0 aliphatic heterocycles. The van der Waals surface area contributed by atoms with Crippen molar-refractivity contribution in [2.24, 2.45) is 0 Å². The first-order valence-electron chi connectivity index (χ1n) is 9.93. The zero-order chi connectivity index (χ0) is 22.8. The van der Waals surface area contributed by atoms with Gasteiger partial charge in [-0.3, -0.25) is 4.57 Å². The highest BCUT2D eigenvalue weighted by Crippen LogP contribution is 2.33. The molecule has 0 atom stereocenters. The van der Waals surface area contributed by atoms with Gasteiger partial charge in [-0.25, -0.2) is 4.98 Å². The van der Waals surface area contributed by atoms with Crippen molar-refractivity contribution in [3.8, 4) is 28.5 Å². The zero-order valence-electron chi connectivity index (χ0n) is 17.3. The van der Waals surface area contributed by atoms with Gasteiger partial charge < -0.3 is 4.42 Å². The Morgan fingerprint density at radius 3 is 2.52 bits per heavy atom. The lowest BCUT2D eigenvalue weighted by atomic mass is 10.1. The lowest BCUT2D eigenvalue weighted by Crippen LogP contribution is -2.01. The van der Waals surface area contributed by atoms with Crippen LogP contribution in [0.4, 0.5) is 0 Å². The first-order valence-corrected chi connectivity index (χ1v) is 11.7. The van der Waals surface area contributed by atoms with Crippen molar-refractivity contribution < 1.29 is 4.42 Å².